The predicted molar refractivity (Wildman–Crippen MR) is 94.5 cm³/mol. The van der Waals surface area contributed by atoms with Gasteiger partial charge in [-0.1, -0.05) is 54.8 Å². The predicted octanol–water partition coefficient (Wildman–Crippen LogP) is 4.95. The van der Waals surface area contributed by atoms with Gasteiger partial charge in [0.2, 0.25) is 5.91 Å². The summed E-state index contributed by atoms with van der Waals surface area (Å²) >= 11 is 6.22. The number of rotatable bonds is 4. The molecule has 0 N–H and O–H groups in total. The molecule has 0 aromatic heterocycles. The molecule has 0 heterocycles. The minimum absolute atomic E-state index is 0.0894. The minimum Gasteiger partial charge on any atom is -0.341 e. The van der Waals surface area contributed by atoms with Crippen molar-refractivity contribution in [2.24, 2.45) is 0 Å². The van der Waals surface area contributed by atoms with E-state index in [4.69, 9.17) is 11.6 Å². The first-order valence-corrected chi connectivity index (χ1v) is 8.66. The lowest BCUT2D eigenvalue weighted by atomic mass is 9.77. The average molecular weight is 346 g/mol. The van der Waals surface area contributed by atoms with Crippen molar-refractivity contribution in [3.05, 3.63) is 70.5 Å². The third-order valence-corrected chi connectivity index (χ3v) is 5.34. The molecule has 1 aliphatic carbocycles. The van der Waals surface area contributed by atoms with Gasteiger partial charge in [-0.2, -0.15) is 0 Å². The Bertz CT molecular complexity index is 723. The first kappa shape index (κ1) is 17.0. The summed E-state index contributed by atoms with van der Waals surface area (Å²) < 4.78 is 13.3. The summed E-state index contributed by atoms with van der Waals surface area (Å²) in [5.74, 6) is -0.185. The third-order valence-electron chi connectivity index (χ3n) is 4.98. The van der Waals surface area contributed by atoms with Gasteiger partial charge in [-0.15, -0.1) is 0 Å². The number of likely N-dealkylation sites (N-methyl/N-ethyl adjacent to an activating group) is 1. The van der Waals surface area contributed by atoms with Crippen LogP contribution in [0.2, 0.25) is 5.02 Å². The topological polar surface area (TPSA) is 20.3 Å². The van der Waals surface area contributed by atoms with Crippen molar-refractivity contribution in [2.75, 3.05) is 7.05 Å². The number of amides is 1. The summed E-state index contributed by atoms with van der Waals surface area (Å²) in [4.78, 5) is 15.0. The van der Waals surface area contributed by atoms with Crippen LogP contribution in [-0.4, -0.2) is 17.9 Å². The van der Waals surface area contributed by atoms with Crippen molar-refractivity contribution in [3.63, 3.8) is 0 Å². The number of carbonyl (C=O) groups excluding carboxylic acids is 1. The van der Waals surface area contributed by atoms with Crippen LogP contribution < -0.4 is 0 Å². The third kappa shape index (κ3) is 3.18. The lowest BCUT2D eigenvalue weighted by molar-refractivity contribution is -0.136. The average Bonchev–Trinajstić information content (AvgIpc) is 3.07. The molecule has 0 bridgehead atoms. The molecule has 0 aliphatic heterocycles. The Balaban J connectivity index is 1.87. The van der Waals surface area contributed by atoms with E-state index in [0.717, 1.165) is 36.8 Å². The highest BCUT2D eigenvalue weighted by Gasteiger charge is 2.44. The van der Waals surface area contributed by atoms with Crippen LogP contribution in [0.25, 0.3) is 0 Å². The van der Waals surface area contributed by atoms with E-state index in [-0.39, 0.29) is 11.7 Å². The lowest BCUT2D eigenvalue weighted by Gasteiger charge is -2.33. The fraction of sp³-hybridized carbons (Fsp3) is 0.350. The molecule has 4 heteroatoms. The Morgan fingerprint density at radius 2 is 1.75 bits per heavy atom. The number of hydrogen-bond acceptors (Lipinski definition) is 1. The van der Waals surface area contributed by atoms with Crippen molar-refractivity contribution in [1.82, 2.24) is 4.90 Å². The second-order valence-electron chi connectivity index (χ2n) is 6.55. The zero-order chi connectivity index (χ0) is 17.2. The maximum atomic E-state index is 13.3. The van der Waals surface area contributed by atoms with Crippen molar-refractivity contribution >= 4 is 17.5 Å². The monoisotopic (exact) mass is 345 g/mol. The van der Waals surface area contributed by atoms with Crippen LogP contribution >= 0.6 is 11.6 Å². The number of hydrogen-bond donors (Lipinski definition) is 0. The molecule has 2 aromatic carbocycles. The summed E-state index contributed by atoms with van der Waals surface area (Å²) in [5.41, 5.74) is 1.31. The van der Waals surface area contributed by atoms with E-state index in [2.05, 4.69) is 0 Å². The van der Waals surface area contributed by atoms with Gasteiger partial charge in [-0.3, -0.25) is 4.79 Å². The molecule has 1 amide bonds. The van der Waals surface area contributed by atoms with Crippen molar-refractivity contribution < 1.29 is 9.18 Å². The fourth-order valence-corrected chi connectivity index (χ4v) is 3.89. The molecule has 0 spiro atoms. The summed E-state index contributed by atoms with van der Waals surface area (Å²) in [7, 11) is 1.81. The SMILES string of the molecule is CN(Cc1ccccc1Cl)C(=O)C1(c2ccc(F)cc2)CCCC1. The van der Waals surface area contributed by atoms with Crippen molar-refractivity contribution in [2.45, 2.75) is 37.6 Å². The Hall–Kier alpha value is -1.87. The van der Waals surface area contributed by atoms with Crippen molar-refractivity contribution in [3.8, 4) is 0 Å². The van der Waals surface area contributed by atoms with Gasteiger partial charge in [0.25, 0.3) is 0 Å². The molecule has 0 unspecified atom stereocenters. The molecule has 2 aromatic rings. The van der Waals surface area contributed by atoms with Gasteiger partial charge >= 0.3 is 0 Å². The maximum absolute atomic E-state index is 13.3. The van der Waals surface area contributed by atoms with Gasteiger partial charge in [0.1, 0.15) is 5.82 Å². The zero-order valence-corrected chi connectivity index (χ0v) is 14.5. The van der Waals surface area contributed by atoms with Crippen LogP contribution in [0, 0.1) is 5.82 Å². The molecule has 0 radical (unpaired) electrons. The normalized spacial score (nSPS) is 16.1. The lowest BCUT2D eigenvalue weighted by Crippen LogP contribution is -2.43. The van der Waals surface area contributed by atoms with Crippen LogP contribution in [0.15, 0.2) is 48.5 Å². The van der Waals surface area contributed by atoms with Crippen molar-refractivity contribution in [1.29, 1.82) is 0 Å². The number of halogens is 2. The summed E-state index contributed by atoms with van der Waals surface area (Å²) in [6.07, 6.45) is 3.65. The van der Waals surface area contributed by atoms with Gasteiger partial charge in [0, 0.05) is 18.6 Å². The van der Waals surface area contributed by atoms with Gasteiger partial charge in [-0.25, -0.2) is 4.39 Å². The van der Waals surface area contributed by atoms with Crippen LogP contribution in [0.4, 0.5) is 4.39 Å². The standard InChI is InChI=1S/C20H21ClFNO/c1-23(14-15-6-2-3-7-18(15)21)19(24)20(12-4-5-13-20)16-8-10-17(22)11-9-16/h2-3,6-11H,4-5,12-14H2,1H3. The second kappa shape index (κ2) is 6.94. The van der Waals surface area contributed by atoms with Crippen LogP contribution in [-0.2, 0) is 16.8 Å². The molecule has 1 aliphatic rings. The fourth-order valence-electron chi connectivity index (χ4n) is 3.69. The Kier molecular flexibility index (Phi) is 4.91. The van der Waals surface area contributed by atoms with E-state index in [1.807, 2.05) is 31.3 Å². The molecule has 0 saturated heterocycles. The highest BCUT2D eigenvalue weighted by atomic mass is 35.5. The first-order chi connectivity index (χ1) is 11.5. The second-order valence-corrected chi connectivity index (χ2v) is 6.96. The molecule has 1 saturated carbocycles. The van der Waals surface area contributed by atoms with E-state index >= 15 is 0 Å². The van der Waals surface area contributed by atoms with Gasteiger partial charge < -0.3 is 4.90 Å². The highest BCUT2D eigenvalue weighted by molar-refractivity contribution is 6.31. The van der Waals surface area contributed by atoms with Gasteiger partial charge in [0.05, 0.1) is 5.41 Å². The highest BCUT2D eigenvalue weighted by Crippen LogP contribution is 2.42. The Labute approximate surface area is 147 Å². The summed E-state index contributed by atoms with van der Waals surface area (Å²) in [6.45, 7) is 0.474. The van der Waals surface area contributed by atoms with E-state index in [9.17, 15) is 9.18 Å². The molecular formula is C20H21ClFNO. The summed E-state index contributed by atoms with van der Waals surface area (Å²) in [6, 6.07) is 14.0. The van der Waals surface area contributed by atoms with Crippen LogP contribution in [0.5, 0.6) is 0 Å². The molecule has 24 heavy (non-hydrogen) atoms. The van der Waals surface area contributed by atoms with E-state index < -0.39 is 5.41 Å². The number of carbonyl (C=O) groups is 1. The largest absolute Gasteiger partial charge is 0.341 e. The smallest absolute Gasteiger partial charge is 0.233 e. The molecule has 1 fully saturated rings. The molecule has 126 valence electrons. The van der Waals surface area contributed by atoms with E-state index in [1.165, 1.54) is 12.1 Å². The molecule has 3 rings (SSSR count). The van der Waals surface area contributed by atoms with Crippen LogP contribution in [0.3, 0.4) is 0 Å². The molecular weight excluding hydrogens is 325 g/mol. The zero-order valence-electron chi connectivity index (χ0n) is 13.8. The Morgan fingerprint density at radius 1 is 1.12 bits per heavy atom. The van der Waals surface area contributed by atoms with E-state index in [1.54, 1.807) is 17.0 Å². The van der Waals surface area contributed by atoms with Gasteiger partial charge in [0.15, 0.2) is 0 Å². The van der Waals surface area contributed by atoms with E-state index in [0.29, 0.717) is 11.6 Å². The molecule has 2 nitrogen and oxygen atoms in total. The first-order valence-electron chi connectivity index (χ1n) is 8.28. The number of benzene rings is 2. The quantitative estimate of drug-likeness (QED) is 0.767. The Morgan fingerprint density at radius 3 is 2.38 bits per heavy atom. The number of nitrogens with zero attached hydrogens (tertiary/aromatic N) is 1. The minimum atomic E-state index is -0.538. The van der Waals surface area contributed by atoms with Crippen LogP contribution in [0.1, 0.15) is 36.8 Å². The molecule has 0 atom stereocenters. The summed E-state index contributed by atoms with van der Waals surface area (Å²) in [5, 5.41) is 0.666. The maximum Gasteiger partial charge on any atom is 0.233 e. The van der Waals surface area contributed by atoms with Gasteiger partial charge in [-0.05, 0) is 42.2 Å².